The van der Waals surface area contributed by atoms with Crippen molar-refractivity contribution in [3.8, 4) is 0 Å². The fourth-order valence-electron chi connectivity index (χ4n) is 2.57. The van der Waals surface area contributed by atoms with Crippen LogP contribution in [0.15, 0.2) is 0 Å². The van der Waals surface area contributed by atoms with Crippen LogP contribution in [0.3, 0.4) is 0 Å². The van der Waals surface area contributed by atoms with Gasteiger partial charge in [0.25, 0.3) is 0 Å². The van der Waals surface area contributed by atoms with Gasteiger partial charge in [0, 0.05) is 12.5 Å². The van der Waals surface area contributed by atoms with Gasteiger partial charge in [-0.25, -0.2) is 0 Å². The van der Waals surface area contributed by atoms with Gasteiger partial charge in [-0.15, -0.1) is 12.4 Å². The topological polar surface area (TPSA) is 55.1 Å². The average Bonchev–Trinajstić information content (AvgIpc) is 2.38. The molecule has 18 heavy (non-hydrogen) atoms. The van der Waals surface area contributed by atoms with Gasteiger partial charge in [0.2, 0.25) is 5.91 Å². The number of amides is 1. The van der Waals surface area contributed by atoms with E-state index in [2.05, 4.69) is 12.2 Å². The van der Waals surface area contributed by atoms with Gasteiger partial charge in [-0.1, -0.05) is 26.2 Å². The molecular formula is C14H29ClN2O. The van der Waals surface area contributed by atoms with Gasteiger partial charge in [0.05, 0.1) is 0 Å². The summed E-state index contributed by atoms with van der Waals surface area (Å²) < 4.78 is 0. The molecule has 0 radical (unpaired) electrons. The molecule has 4 heteroatoms. The van der Waals surface area contributed by atoms with E-state index in [-0.39, 0.29) is 24.2 Å². The summed E-state index contributed by atoms with van der Waals surface area (Å²) in [6.45, 7) is 3.84. The molecule has 0 aromatic carbocycles. The fourth-order valence-corrected chi connectivity index (χ4v) is 2.57. The molecule has 0 bridgehead atoms. The van der Waals surface area contributed by atoms with Gasteiger partial charge >= 0.3 is 0 Å². The molecule has 0 saturated heterocycles. The van der Waals surface area contributed by atoms with Crippen molar-refractivity contribution in [2.24, 2.45) is 17.6 Å². The third-order valence-corrected chi connectivity index (χ3v) is 3.88. The Labute approximate surface area is 118 Å². The minimum Gasteiger partial charge on any atom is -0.356 e. The van der Waals surface area contributed by atoms with Crippen molar-refractivity contribution >= 4 is 18.3 Å². The minimum absolute atomic E-state index is 0. The second-order valence-electron chi connectivity index (χ2n) is 5.31. The Morgan fingerprint density at radius 1 is 1.17 bits per heavy atom. The lowest BCUT2D eigenvalue weighted by atomic mass is 9.81. The smallest absolute Gasteiger partial charge is 0.223 e. The zero-order chi connectivity index (χ0) is 12.5. The predicted octanol–water partition coefficient (Wildman–Crippen LogP) is 2.87. The lowest BCUT2D eigenvalue weighted by Crippen LogP contribution is -2.34. The molecule has 1 amide bonds. The Bertz CT molecular complexity index is 216. The highest BCUT2D eigenvalue weighted by atomic mass is 35.5. The number of nitrogens with one attached hydrogen (secondary N) is 1. The quantitative estimate of drug-likeness (QED) is 0.703. The highest BCUT2D eigenvalue weighted by Gasteiger charge is 2.25. The number of carbonyl (C=O) groups is 1. The molecule has 0 spiro atoms. The summed E-state index contributed by atoms with van der Waals surface area (Å²) >= 11 is 0. The normalized spacial score (nSPS) is 23.2. The molecule has 3 N–H and O–H groups in total. The largest absolute Gasteiger partial charge is 0.356 e. The summed E-state index contributed by atoms with van der Waals surface area (Å²) in [4.78, 5) is 11.9. The lowest BCUT2D eigenvalue weighted by Gasteiger charge is -2.26. The van der Waals surface area contributed by atoms with Gasteiger partial charge in [0.15, 0.2) is 0 Å². The van der Waals surface area contributed by atoms with Crippen molar-refractivity contribution in [1.29, 1.82) is 0 Å². The third kappa shape index (κ3) is 6.60. The zero-order valence-corrected chi connectivity index (χ0v) is 12.4. The Morgan fingerprint density at radius 3 is 2.39 bits per heavy atom. The van der Waals surface area contributed by atoms with E-state index in [1.54, 1.807) is 0 Å². The first-order chi connectivity index (χ1) is 8.27. The summed E-state index contributed by atoms with van der Waals surface area (Å²) in [6, 6.07) is 0. The molecule has 0 atom stereocenters. The number of rotatable bonds is 7. The first kappa shape index (κ1) is 17.7. The standard InChI is InChI=1S/C14H28N2O.ClH/c1-2-3-4-5-10-16-14(17)13-8-6-12(11-15)7-9-13;/h12-13H,2-11,15H2,1H3,(H,16,17);1H. The van der Waals surface area contributed by atoms with E-state index >= 15 is 0 Å². The second kappa shape index (κ2) is 10.6. The van der Waals surface area contributed by atoms with Crippen LogP contribution in [0.2, 0.25) is 0 Å². The molecule has 1 rings (SSSR count). The second-order valence-corrected chi connectivity index (χ2v) is 5.31. The zero-order valence-electron chi connectivity index (χ0n) is 11.6. The van der Waals surface area contributed by atoms with Crippen molar-refractivity contribution in [1.82, 2.24) is 5.32 Å². The van der Waals surface area contributed by atoms with E-state index in [4.69, 9.17) is 5.73 Å². The molecule has 108 valence electrons. The number of halogens is 1. The van der Waals surface area contributed by atoms with Crippen LogP contribution in [0.5, 0.6) is 0 Å². The minimum atomic E-state index is 0. The molecule has 0 aromatic heterocycles. The molecular weight excluding hydrogens is 248 g/mol. The van der Waals surface area contributed by atoms with E-state index in [9.17, 15) is 4.79 Å². The number of carbonyl (C=O) groups excluding carboxylic acids is 1. The molecule has 1 aliphatic carbocycles. The molecule has 0 heterocycles. The monoisotopic (exact) mass is 276 g/mol. The lowest BCUT2D eigenvalue weighted by molar-refractivity contribution is -0.126. The van der Waals surface area contributed by atoms with E-state index in [1.807, 2.05) is 0 Å². The van der Waals surface area contributed by atoms with Crippen LogP contribution < -0.4 is 11.1 Å². The molecule has 0 aliphatic heterocycles. The first-order valence-electron chi connectivity index (χ1n) is 7.25. The van der Waals surface area contributed by atoms with Crippen LogP contribution in [0, 0.1) is 11.8 Å². The maximum absolute atomic E-state index is 11.9. The molecule has 1 saturated carbocycles. The predicted molar refractivity (Wildman–Crippen MR) is 78.9 cm³/mol. The van der Waals surface area contributed by atoms with Gasteiger partial charge < -0.3 is 11.1 Å². The highest BCUT2D eigenvalue weighted by molar-refractivity contribution is 5.85. The Balaban J connectivity index is 0.00000289. The van der Waals surface area contributed by atoms with E-state index in [0.717, 1.165) is 45.2 Å². The Hall–Kier alpha value is -0.280. The van der Waals surface area contributed by atoms with Gasteiger partial charge in [-0.2, -0.15) is 0 Å². The maximum atomic E-state index is 11.9. The summed E-state index contributed by atoms with van der Waals surface area (Å²) in [6.07, 6.45) is 9.20. The average molecular weight is 277 g/mol. The van der Waals surface area contributed by atoms with Gasteiger partial charge in [0.1, 0.15) is 0 Å². The molecule has 1 aliphatic rings. The Morgan fingerprint density at radius 2 is 1.83 bits per heavy atom. The first-order valence-corrected chi connectivity index (χ1v) is 7.25. The summed E-state index contributed by atoms with van der Waals surface area (Å²) in [5.41, 5.74) is 5.65. The van der Waals surface area contributed by atoms with Gasteiger partial charge in [-0.3, -0.25) is 4.79 Å². The number of hydrogen-bond acceptors (Lipinski definition) is 2. The van der Waals surface area contributed by atoms with Crippen molar-refractivity contribution in [2.75, 3.05) is 13.1 Å². The molecule has 3 nitrogen and oxygen atoms in total. The fraction of sp³-hybridized carbons (Fsp3) is 0.929. The molecule has 0 unspecified atom stereocenters. The van der Waals surface area contributed by atoms with E-state index in [1.165, 1.54) is 19.3 Å². The van der Waals surface area contributed by atoms with Crippen LogP contribution in [-0.4, -0.2) is 19.0 Å². The summed E-state index contributed by atoms with van der Waals surface area (Å²) in [5.74, 6) is 1.18. The van der Waals surface area contributed by atoms with Crippen molar-refractivity contribution in [3.05, 3.63) is 0 Å². The van der Waals surface area contributed by atoms with Crippen molar-refractivity contribution in [2.45, 2.75) is 58.3 Å². The van der Waals surface area contributed by atoms with E-state index in [0.29, 0.717) is 5.92 Å². The van der Waals surface area contributed by atoms with E-state index < -0.39 is 0 Å². The SMILES string of the molecule is CCCCCCNC(=O)C1CCC(CN)CC1.Cl. The van der Waals surface area contributed by atoms with Crippen LogP contribution in [0.4, 0.5) is 0 Å². The van der Waals surface area contributed by atoms with Crippen LogP contribution >= 0.6 is 12.4 Å². The number of hydrogen-bond donors (Lipinski definition) is 2. The van der Waals surface area contributed by atoms with Crippen molar-refractivity contribution < 1.29 is 4.79 Å². The highest BCUT2D eigenvalue weighted by Crippen LogP contribution is 2.28. The van der Waals surface area contributed by atoms with Crippen molar-refractivity contribution in [3.63, 3.8) is 0 Å². The number of unbranched alkanes of at least 4 members (excludes halogenated alkanes) is 3. The Kier molecular flexibility index (Phi) is 10.5. The molecule has 0 aromatic rings. The van der Waals surface area contributed by atoms with Crippen LogP contribution in [-0.2, 0) is 4.79 Å². The third-order valence-electron chi connectivity index (χ3n) is 3.88. The summed E-state index contributed by atoms with van der Waals surface area (Å²) in [5, 5.41) is 3.07. The van der Waals surface area contributed by atoms with Crippen LogP contribution in [0.1, 0.15) is 58.3 Å². The molecule has 1 fully saturated rings. The maximum Gasteiger partial charge on any atom is 0.223 e. The van der Waals surface area contributed by atoms with Crippen LogP contribution in [0.25, 0.3) is 0 Å². The number of nitrogens with two attached hydrogens (primary N) is 1. The van der Waals surface area contributed by atoms with Gasteiger partial charge in [-0.05, 0) is 44.6 Å². The summed E-state index contributed by atoms with van der Waals surface area (Å²) in [7, 11) is 0.